The number of nitrogens with zero attached hydrogens (tertiary/aromatic N) is 1. The number of hydrogen-bond acceptors (Lipinski definition) is 5. The number of nitro benzene ring substituents is 1. The Hall–Kier alpha value is -2.06. The smallest absolute Gasteiger partial charge is 0.306 e. The topological polar surface area (TPSA) is 107 Å². The summed E-state index contributed by atoms with van der Waals surface area (Å²) < 4.78 is 18.4. The minimum atomic E-state index is -0.958. The maximum Gasteiger partial charge on any atom is 0.306 e. The van der Waals surface area contributed by atoms with Crippen molar-refractivity contribution in [3.63, 3.8) is 0 Å². The van der Waals surface area contributed by atoms with Gasteiger partial charge in [-0.15, -0.1) is 0 Å². The minimum Gasteiger partial charge on any atom is -0.379 e. The fourth-order valence-corrected chi connectivity index (χ4v) is 1.93. The minimum absolute atomic E-state index is 0.142. The zero-order chi connectivity index (χ0) is 14.9. The van der Waals surface area contributed by atoms with Crippen LogP contribution in [0.3, 0.4) is 0 Å². The molecule has 2 unspecified atom stereocenters. The molecule has 108 valence electrons. The molecule has 0 saturated carbocycles. The molecule has 0 radical (unpaired) electrons. The van der Waals surface area contributed by atoms with E-state index < -0.39 is 33.8 Å². The Morgan fingerprint density at radius 1 is 1.65 bits per heavy atom. The molecule has 0 aliphatic carbocycles. The number of carbonyl (C=O) groups is 1. The van der Waals surface area contributed by atoms with Crippen molar-refractivity contribution in [2.24, 2.45) is 11.1 Å². The first-order valence-corrected chi connectivity index (χ1v) is 5.93. The van der Waals surface area contributed by atoms with Gasteiger partial charge in [-0.25, -0.2) is 0 Å². The Morgan fingerprint density at radius 3 is 2.90 bits per heavy atom. The van der Waals surface area contributed by atoms with Gasteiger partial charge in [-0.3, -0.25) is 14.9 Å². The Labute approximate surface area is 114 Å². The van der Waals surface area contributed by atoms with E-state index in [-0.39, 0.29) is 18.9 Å². The molecule has 1 aliphatic rings. The summed E-state index contributed by atoms with van der Waals surface area (Å²) in [4.78, 5) is 22.0. The second-order valence-corrected chi connectivity index (χ2v) is 4.92. The van der Waals surface area contributed by atoms with E-state index in [0.29, 0.717) is 0 Å². The zero-order valence-corrected chi connectivity index (χ0v) is 10.8. The first kappa shape index (κ1) is 14.4. The summed E-state index contributed by atoms with van der Waals surface area (Å²) in [7, 11) is 0. The van der Waals surface area contributed by atoms with Crippen molar-refractivity contribution in [1.29, 1.82) is 0 Å². The molecule has 1 aliphatic heterocycles. The fourth-order valence-electron chi connectivity index (χ4n) is 1.93. The SMILES string of the molecule is CC1(C(=O)Nc2ccc(F)c([N+](=O)[O-])c2)COCC1N. The molecule has 1 aromatic carbocycles. The number of ether oxygens (including phenoxy) is 1. The van der Waals surface area contributed by atoms with Crippen LogP contribution in [-0.4, -0.2) is 30.1 Å². The van der Waals surface area contributed by atoms with Gasteiger partial charge in [0, 0.05) is 17.8 Å². The molecule has 1 heterocycles. The van der Waals surface area contributed by atoms with Crippen molar-refractivity contribution in [2.75, 3.05) is 18.5 Å². The number of hydrogen-bond donors (Lipinski definition) is 2. The molecule has 1 fully saturated rings. The molecule has 0 aromatic heterocycles. The monoisotopic (exact) mass is 283 g/mol. The Bertz CT molecular complexity index is 566. The van der Waals surface area contributed by atoms with Crippen LogP contribution >= 0.6 is 0 Å². The molecule has 1 aromatic rings. The molecule has 2 atom stereocenters. The third-order valence-electron chi connectivity index (χ3n) is 3.44. The van der Waals surface area contributed by atoms with Gasteiger partial charge in [0.1, 0.15) is 0 Å². The van der Waals surface area contributed by atoms with Crippen LogP contribution < -0.4 is 11.1 Å². The van der Waals surface area contributed by atoms with E-state index in [0.717, 1.165) is 12.1 Å². The van der Waals surface area contributed by atoms with E-state index >= 15 is 0 Å². The highest BCUT2D eigenvalue weighted by Gasteiger charge is 2.44. The standard InChI is InChI=1S/C12H14FN3O4/c1-12(6-20-5-10(12)14)11(17)15-7-2-3-8(13)9(4-7)16(18)19/h2-4,10H,5-6,14H2,1H3,(H,15,17). The molecule has 0 spiro atoms. The average Bonchev–Trinajstić information content (AvgIpc) is 2.73. The highest BCUT2D eigenvalue weighted by atomic mass is 19.1. The molecule has 7 nitrogen and oxygen atoms in total. The first-order valence-electron chi connectivity index (χ1n) is 5.93. The number of amides is 1. The molecule has 0 bridgehead atoms. The summed E-state index contributed by atoms with van der Waals surface area (Å²) >= 11 is 0. The maximum atomic E-state index is 13.2. The number of anilines is 1. The molecule has 1 saturated heterocycles. The number of nitro groups is 1. The zero-order valence-electron chi connectivity index (χ0n) is 10.8. The van der Waals surface area contributed by atoms with Crippen LogP contribution in [0.15, 0.2) is 18.2 Å². The molecular weight excluding hydrogens is 269 g/mol. The lowest BCUT2D eigenvalue weighted by molar-refractivity contribution is -0.387. The number of nitrogens with two attached hydrogens (primary N) is 1. The normalized spacial score (nSPS) is 25.4. The van der Waals surface area contributed by atoms with Crippen LogP contribution in [0.25, 0.3) is 0 Å². The van der Waals surface area contributed by atoms with E-state index in [2.05, 4.69) is 5.32 Å². The summed E-state index contributed by atoms with van der Waals surface area (Å²) in [6.45, 7) is 2.09. The predicted octanol–water partition coefficient (Wildman–Crippen LogP) is 1.04. The van der Waals surface area contributed by atoms with Crippen LogP contribution in [0.4, 0.5) is 15.8 Å². The molecule has 3 N–H and O–H groups in total. The van der Waals surface area contributed by atoms with Gasteiger partial charge < -0.3 is 15.8 Å². The van der Waals surface area contributed by atoms with Crippen LogP contribution in [-0.2, 0) is 9.53 Å². The van der Waals surface area contributed by atoms with E-state index in [4.69, 9.17) is 10.5 Å². The summed E-state index contributed by atoms with van der Waals surface area (Å²) in [5, 5.41) is 13.2. The second kappa shape index (κ2) is 5.14. The predicted molar refractivity (Wildman–Crippen MR) is 68.6 cm³/mol. The lowest BCUT2D eigenvalue weighted by Crippen LogP contribution is -2.47. The molecule has 1 amide bonds. The lowest BCUT2D eigenvalue weighted by atomic mass is 9.85. The van der Waals surface area contributed by atoms with E-state index in [1.54, 1.807) is 6.92 Å². The number of halogens is 1. The van der Waals surface area contributed by atoms with Crippen LogP contribution in [0.5, 0.6) is 0 Å². The Balaban J connectivity index is 2.20. The molecule has 2 rings (SSSR count). The van der Waals surface area contributed by atoms with Crippen LogP contribution in [0.1, 0.15) is 6.92 Å². The largest absolute Gasteiger partial charge is 0.379 e. The van der Waals surface area contributed by atoms with Gasteiger partial charge in [-0.05, 0) is 19.1 Å². The lowest BCUT2D eigenvalue weighted by Gasteiger charge is -2.25. The van der Waals surface area contributed by atoms with Crippen molar-refractivity contribution in [3.8, 4) is 0 Å². The second-order valence-electron chi connectivity index (χ2n) is 4.92. The molecular formula is C12H14FN3O4. The van der Waals surface area contributed by atoms with Crippen LogP contribution in [0, 0.1) is 21.3 Å². The van der Waals surface area contributed by atoms with Crippen molar-refractivity contribution in [1.82, 2.24) is 0 Å². The Morgan fingerprint density at radius 2 is 2.35 bits per heavy atom. The van der Waals surface area contributed by atoms with Gasteiger partial charge in [-0.2, -0.15) is 4.39 Å². The third-order valence-corrected chi connectivity index (χ3v) is 3.44. The summed E-state index contributed by atoms with van der Waals surface area (Å²) in [6.07, 6.45) is 0. The Kier molecular flexibility index (Phi) is 3.69. The number of carbonyl (C=O) groups excluding carboxylic acids is 1. The summed E-state index contributed by atoms with van der Waals surface area (Å²) in [6, 6.07) is 2.70. The van der Waals surface area contributed by atoms with Crippen molar-refractivity contribution in [3.05, 3.63) is 34.1 Å². The van der Waals surface area contributed by atoms with Gasteiger partial charge >= 0.3 is 5.69 Å². The van der Waals surface area contributed by atoms with Gasteiger partial charge in [0.25, 0.3) is 0 Å². The number of benzene rings is 1. The third kappa shape index (κ3) is 2.47. The fraction of sp³-hybridized carbons (Fsp3) is 0.417. The number of rotatable bonds is 3. The van der Waals surface area contributed by atoms with Crippen LogP contribution in [0.2, 0.25) is 0 Å². The van der Waals surface area contributed by atoms with Crippen molar-refractivity contribution in [2.45, 2.75) is 13.0 Å². The van der Waals surface area contributed by atoms with Crippen molar-refractivity contribution >= 4 is 17.3 Å². The summed E-state index contributed by atoms with van der Waals surface area (Å²) in [5.74, 6) is -1.37. The molecule has 20 heavy (non-hydrogen) atoms. The van der Waals surface area contributed by atoms with Gasteiger partial charge in [0.05, 0.1) is 23.6 Å². The quantitative estimate of drug-likeness (QED) is 0.636. The van der Waals surface area contributed by atoms with Gasteiger partial charge in [0.2, 0.25) is 11.7 Å². The summed E-state index contributed by atoms with van der Waals surface area (Å²) in [5.41, 5.74) is 4.35. The number of nitrogens with one attached hydrogen (secondary N) is 1. The van der Waals surface area contributed by atoms with E-state index in [1.807, 2.05) is 0 Å². The highest BCUT2D eigenvalue weighted by Crippen LogP contribution is 2.29. The first-order chi connectivity index (χ1) is 9.34. The maximum absolute atomic E-state index is 13.2. The van der Waals surface area contributed by atoms with Crippen molar-refractivity contribution < 1.29 is 18.8 Å². The van der Waals surface area contributed by atoms with Gasteiger partial charge in [-0.1, -0.05) is 0 Å². The average molecular weight is 283 g/mol. The van der Waals surface area contributed by atoms with Gasteiger partial charge in [0.15, 0.2) is 0 Å². The van der Waals surface area contributed by atoms with E-state index in [9.17, 15) is 19.3 Å². The highest BCUT2D eigenvalue weighted by molar-refractivity contribution is 5.96. The van der Waals surface area contributed by atoms with E-state index in [1.165, 1.54) is 6.07 Å². The molecule has 8 heteroatoms.